The predicted molar refractivity (Wildman–Crippen MR) is 130 cm³/mol. The fourth-order valence-electron chi connectivity index (χ4n) is 3.76. The van der Waals surface area contributed by atoms with Crippen LogP contribution >= 0.6 is 0 Å². The second-order valence-electron chi connectivity index (χ2n) is 8.58. The molecule has 0 bridgehead atoms. The maximum atomic E-state index is 15.0. The molecule has 4 N–H and O–H groups in total. The Balaban J connectivity index is 2.55. The molecular formula is C23H27FN4O6S2. The molecule has 13 heteroatoms. The fraction of sp³-hybridized carbons (Fsp3) is 0.348. The van der Waals surface area contributed by atoms with Crippen LogP contribution in [0.2, 0.25) is 0 Å². The number of carbonyl (C=O) groups excluding carboxylic acids is 2. The van der Waals surface area contributed by atoms with Gasteiger partial charge in [0.25, 0.3) is 10.0 Å². The zero-order chi connectivity index (χ0) is 27.6. The highest BCUT2D eigenvalue weighted by molar-refractivity contribution is 7.90. The van der Waals surface area contributed by atoms with E-state index >= 15 is 4.39 Å². The smallest absolute Gasteiger partial charge is 0.264 e. The van der Waals surface area contributed by atoms with E-state index in [1.807, 2.05) is 9.44 Å². The van der Waals surface area contributed by atoms with Gasteiger partial charge in [-0.1, -0.05) is 27.7 Å². The van der Waals surface area contributed by atoms with Crippen LogP contribution in [0, 0.1) is 17.1 Å². The molecule has 194 valence electrons. The Morgan fingerprint density at radius 2 is 1.67 bits per heavy atom. The van der Waals surface area contributed by atoms with Gasteiger partial charge in [-0.2, -0.15) is 5.26 Å². The number of amides is 2. The number of primary amides is 1. The number of sulfonamides is 2. The van der Waals surface area contributed by atoms with Gasteiger partial charge in [-0.05, 0) is 59.8 Å². The lowest BCUT2D eigenvalue weighted by Crippen LogP contribution is -2.34. The summed E-state index contributed by atoms with van der Waals surface area (Å²) >= 11 is 0. The Hall–Kier alpha value is -3.34. The molecule has 2 amide bonds. The molecule has 0 saturated carbocycles. The van der Waals surface area contributed by atoms with Crippen LogP contribution < -0.4 is 15.2 Å². The zero-order valence-electron chi connectivity index (χ0n) is 20.3. The van der Waals surface area contributed by atoms with E-state index in [9.17, 15) is 31.7 Å². The minimum absolute atomic E-state index is 0.129. The van der Waals surface area contributed by atoms with E-state index in [4.69, 9.17) is 5.73 Å². The normalized spacial score (nSPS) is 12.0. The number of rotatable bonds is 9. The molecule has 0 aliphatic rings. The second kappa shape index (κ2) is 10.7. The number of nitrogens with one attached hydrogen (secondary N) is 2. The van der Waals surface area contributed by atoms with Crippen LogP contribution in [0.25, 0.3) is 0 Å². The van der Waals surface area contributed by atoms with Gasteiger partial charge in [0.2, 0.25) is 21.8 Å². The molecule has 0 aliphatic carbocycles. The summed E-state index contributed by atoms with van der Waals surface area (Å²) in [5.74, 6) is -3.66. The van der Waals surface area contributed by atoms with Crippen molar-refractivity contribution in [2.45, 2.75) is 55.7 Å². The van der Waals surface area contributed by atoms with Crippen LogP contribution in [0.5, 0.6) is 0 Å². The summed E-state index contributed by atoms with van der Waals surface area (Å²) in [5, 5.41) is 9.31. The summed E-state index contributed by atoms with van der Waals surface area (Å²) in [6.07, 6.45) is -0.527. The molecule has 0 aliphatic heterocycles. The third kappa shape index (κ3) is 5.89. The SMILES string of the molecule is CNS(=O)(=O)c1ccc(S(=O)(=O)NC(=O)Cc2c(C(C)C)cc(C#N)c(F)c2C(C)C)c(C(N)=O)c1. The summed E-state index contributed by atoms with van der Waals surface area (Å²) in [6, 6.07) is 5.72. The number of nitriles is 1. The Labute approximate surface area is 209 Å². The Morgan fingerprint density at radius 1 is 1.06 bits per heavy atom. The van der Waals surface area contributed by atoms with Crippen molar-refractivity contribution in [2.24, 2.45) is 5.73 Å². The van der Waals surface area contributed by atoms with E-state index in [0.717, 1.165) is 25.2 Å². The number of nitrogens with zero attached hydrogens (tertiary/aromatic N) is 1. The lowest BCUT2D eigenvalue weighted by molar-refractivity contribution is -0.118. The highest BCUT2D eigenvalue weighted by Gasteiger charge is 2.28. The van der Waals surface area contributed by atoms with Crippen LogP contribution in [0.1, 0.15) is 72.1 Å². The van der Waals surface area contributed by atoms with E-state index in [1.165, 1.54) is 6.07 Å². The number of nitrogens with two attached hydrogens (primary N) is 1. The molecule has 0 saturated heterocycles. The summed E-state index contributed by atoms with van der Waals surface area (Å²) in [5.41, 5.74) is 5.36. The molecule has 0 fully saturated rings. The summed E-state index contributed by atoms with van der Waals surface area (Å²) in [7, 11) is -7.56. The van der Waals surface area contributed by atoms with Crippen LogP contribution in [0.15, 0.2) is 34.1 Å². The van der Waals surface area contributed by atoms with E-state index < -0.39 is 65.4 Å². The van der Waals surface area contributed by atoms with Crippen molar-refractivity contribution in [2.75, 3.05) is 7.05 Å². The molecule has 0 heterocycles. The predicted octanol–water partition coefficient (Wildman–Crippen LogP) is 2.00. The largest absolute Gasteiger partial charge is 0.366 e. The van der Waals surface area contributed by atoms with Gasteiger partial charge >= 0.3 is 0 Å². The molecule has 0 spiro atoms. The van der Waals surface area contributed by atoms with E-state index in [0.29, 0.717) is 5.56 Å². The fourth-order valence-corrected chi connectivity index (χ4v) is 5.69. The van der Waals surface area contributed by atoms with Gasteiger partial charge in [-0.15, -0.1) is 0 Å². The molecule has 2 aromatic rings. The van der Waals surface area contributed by atoms with Crippen molar-refractivity contribution in [3.8, 4) is 6.07 Å². The lowest BCUT2D eigenvalue weighted by Gasteiger charge is -2.21. The minimum Gasteiger partial charge on any atom is -0.366 e. The molecule has 2 aromatic carbocycles. The molecule has 0 radical (unpaired) electrons. The monoisotopic (exact) mass is 538 g/mol. The number of hydrogen-bond acceptors (Lipinski definition) is 7. The highest BCUT2D eigenvalue weighted by Crippen LogP contribution is 2.33. The van der Waals surface area contributed by atoms with E-state index in [1.54, 1.807) is 33.8 Å². The first-order valence-corrected chi connectivity index (χ1v) is 13.7. The van der Waals surface area contributed by atoms with Crippen molar-refractivity contribution in [3.63, 3.8) is 0 Å². The summed E-state index contributed by atoms with van der Waals surface area (Å²) in [4.78, 5) is 23.7. The standard InChI is InChI=1S/C23H27FN4O6S2/c1-12(2)16-8-14(11-25)22(24)21(13(3)4)17(16)10-20(29)28-36(33,34)19-7-6-15(35(31,32)27-5)9-18(19)23(26)30/h6-9,12-13,27H,10H2,1-5H3,(H2,26,30)(H,28,29). The Morgan fingerprint density at radius 3 is 2.14 bits per heavy atom. The Bertz CT molecular complexity index is 1480. The first-order valence-electron chi connectivity index (χ1n) is 10.8. The van der Waals surface area contributed by atoms with Gasteiger partial charge in [-0.25, -0.2) is 30.7 Å². The number of carbonyl (C=O) groups is 2. The molecule has 0 aromatic heterocycles. The van der Waals surface area contributed by atoms with Gasteiger partial charge in [-0.3, -0.25) is 9.59 Å². The van der Waals surface area contributed by atoms with Gasteiger partial charge in [0.05, 0.1) is 22.4 Å². The van der Waals surface area contributed by atoms with Gasteiger partial charge < -0.3 is 5.73 Å². The van der Waals surface area contributed by atoms with Crippen LogP contribution in [0.4, 0.5) is 4.39 Å². The van der Waals surface area contributed by atoms with Crippen molar-refractivity contribution < 1.29 is 30.8 Å². The molecule has 0 unspecified atom stereocenters. The molecular weight excluding hydrogens is 511 g/mol. The summed E-state index contributed by atoms with van der Waals surface area (Å²) < 4.78 is 68.9. The van der Waals surface area contributed by atoms with Crippen LogP contribution in [-0.4, -0.2) is 35.7 Å². The van der Waals surface area contributed by atoms with Crippen molar-refractivity contribution in [1.29, 1.82) is 5.26 Å². The molecule has 0 atom stereocenters. The average Bonchev–Trinajstić information content (AvgIpc) is 2.77. The number of benzene rings is 2. The van der Waals surface area contributed by atoms with Crippen molar-refractivity contribution >= 4 is 31.9 Å². The van der Waals surface area contributed by atoms with Gasteiger partial charge in [0.1, 0.15) is 16.8 Å². The summed E-state index contributed by atoms with van der Waals surface area (Å²) in [6.45, 7) is 6.94. The first kappa shape index (κ1) is 28.9. The van der Waals surface area contributed by atoms with E-state index in [2.05, 4.69) is 0 Å². The topological polar surface area (TPSA) is 176 Å². The lowest BCUT2D eigenvalue weighted by atomic mass is 9.85. The third-order valence-electron chi connectivity index (χ3n) is 5.44. The minimum atomic E-state index is -4.68. The second-order valence-corrected chi connectivity index (χ2v) is 12.1. The number of hydrogen-bond donors (Lipinski definition) is 3. The molecule has 10 nitrogen and oxygen atoms in total. The Kier molecular flexibility index (Phi) is 8.61. The molecule has 2 rings (SSSR count). The maximum absolute atomic E-state index is 15.0. The van der Waals surface area contributed by atoms with Gasteiger partial charge in [0.15, 0.2) is 0 Å². The highest BCUT2D eigenvalue weighted by atomic mass is 32.2. The molecule has 36 heavy (non-hydrogen) atoms. The number of halogens is 1. The van der Waals surface area contributed by atoms with Crippen molar-refractivity contribution in [1.82, 2.24) is 9.44 Å². The third-order valence-corrected chi connectivity index (χ3v) is 8.28. The maximum Gasteiger partial charge on any atom is 0.264 e. The quantitative estimate of drug-likeness (QED) is 0.437. The first-order chi connectivity index (χ1) is 16.6. The van der Waals surface area contributed by atoms with Crippen LogP contribution in [-0.2, 0) is 31.3 Å². The average molecular weight is 539 g/mol. The van der Waals surface area contributed by atoms with Crippen LogP contribution in [0.3, 0.4) is 0 Å². The van der Waals surface area contributed by atoms with E-state index in [-0.39, 0.29) is 22.6 Å². The van der Waals surface area contributed by atoms with Crippen molar-refractivity contribution in [3.05, 3.63) is 57.9 Å². The van der Waals surface area contributed by atoms with Gasteiger partial charge in [0, 0.05) is 0 Å². The zero-order valence-corrected chi connectivity index (χ0v) is 22.0.